The van der Waals surface area contributed by atoms with Crippen LogP contribution in [0.1, 0.15) is 20.1 Å². The second-order valence-corrected chi connectivity index (χ2v) is 7.13. The predicted octanol–water partition coefficient (Wildman–Crippen LogP) is -2.15. The second kappa shape index (κ2) is 8.55. The van der Waals surface area contributed by atoms with Crippen molar-refractivity contribution in [3.8, 4) is 0 Å². The fraction of sp³-hybridized carbons (Fsp3) is 0.562. The highest BCUT2D eigenvalue weighted by Gasteiger charge is 2.44. The van der Waals surface area contributed by atoms with Crippen LogP contribution < -0.4 is 16.1 Å². The van der Waals surface area contributed by atoms with Gasteiger partial charge < -0.3 is 25.8 Å². The summed E-state index contributed by atoms with van der Waals surface area (Å²) in [5.41, 5.74) is 5.69. The number of hydroxylamine groups is 1. The van der Waals surface area contributed by atoms with E-state index in [2.05, 4.69) is 15.0 Å². The van der Waals surface area contributed by atoms with Crippen LogP contribution in [0.3, 0.4) is 0 Å². The molecule has 0 unspecified atom stereocenters. The third kappa shape index (κ3) is 3.83. The molecule has 164 valence electrons. The number of aliphatic hydroxyl groups is 3. The highest BCUT2D eigenvalue weighted by atomic mass is 16.6. The van der Waals surface area contributed by atoms with Crippen molar-refractivity contribution in [1.82, 2.24) is 24.8 Å². The third-order valence-corrected chi connectivity index (χ3v) is 4.77. The molecule has 3 rings (SSSR count). The van der Waals surface area contributed by atoms with Crippen molar-refractivity contribution in [1.29, 1.82) is 0 Å². The lowest BCUT2D eigenvalue weighted by Crippen LogP contribution is -2.50. The number of nitrogens with zero attached hydrogens (tertiary/aromatic N) is 5. The van der Waals surface area contributed by atoms with Gasteiger partial charge in [-0.15, -0.1) is 0 Å². The highest BCUT2D eigenvalue weighted by Crippen LogP contribution is 2.32. The first-order valence-corrected chi connectivity index (χ1v) is 9.06. The van der Waals surface area contributed by atoms with Crippen LogP contribution in [0, 0.1) is 5.92 Å². The molecule has 0 saturated carbocycles. The van der Waals surface area contributed by atoms with Crippen LogP contribution in [0.4, 0.5) is 10.6 Å². The van der Waals surface area contributed by atoms with Crippen LogP contribution in [-0.4, -0.2) is 82.9 Å². The largest absolute Gasteiger partial charge is 0.394 e. The van der Waals surface area contributed by atoms with Gasteiger partial charge >= 0.3 is 6.03 Å². The van der Waals surface area contributed by atoms with Gasteiger partial charge in [-0.25, -0.2) is 19.7 Å². The van der Waals surface area contributed by atoms with Gasteiger partial charge in [0.15, 0.2) is 23.2 Å². The van der Waals surface area contributed by atoms with E-state index in [9.17, 15) is 30.1 Å². The van der Waals surface area contributed by atoms with Crippen LogP contribution in [0.25, 0.3) is 11.2 Å². The van der Waals surface area contributed by atoms with Gasteiger partial charge in [-0.3, -0.25) is 19.9 Å². The number of ether oxygens (including phenoxy) is 1. The van der Waals surface area contributed by atoms with Crippen molar-refractivity contribution < 1.29 is 34.9 Å². The number of anilines is 1. The summed E-state index contributed by atoms with van der Waals surface area (Å²) in [6, 6.07) is -2.16. The molecule has 7 N–H and O–H groups in total. The summed E-state index contributed by atoms with van der Waals surface area (Å²) in [5.74, 6) is -1.35. The molecule has 2 aromatic rings. The summed E-state index contributed by atoms with van der Waals surface area (Å²) < 4.78 is 6.69. The van der Waals surface area contributed by atoms with E-state index in [-0.39, 0.29) is 28.0 Å². The first-order valence-electron chi connectivity index (χ1n) is 9.06. The average molecular weight is 425 g/mol. The van der Waals surface area contributed by atoms with E-state index in [4.69, 9.17) is 10.5 Å². The van der Waals surface area contributed by atoms with E-state index in [1.54, 1.807) is 13.8 Å². The summed E-state index contributed by atoms with van der Waals surface area (Å²) in [6.07, 6.45) is -2.64. The summed E-state index contributed by atoms with van der Waals surface area (Å²) in [6.45, 7) is 2.88. The first kappa shape index (κ1) is 21.9. The molecule has 0 aliphatic carbocycles. The van der Waals surface area contributed by atoms with Crippen molar-refractivity contribution in [2.75, 3.05) is 11.7 Å². The first-order chi connectivity index (χ1) is 14.2. The third-order valence-electron chi connectivity index (χ3n) is 4.77. The summed E-state index contributed by atoms with van der Waals surface area (Å²) >= 11 is 0. The number of nitrogens with two attached hydrogens (primary N) is 1. The van der Waals surface area contributed by atoms with Gasteiger partial charge in [-0.1, -0.05) is 13.8 Å². The molecule has 14 nitrogen and oxygen atoms in total. The van der Waals surface area contributed by atoms with E-state index in [0.717, 1.165) is 6.33 Å². The lowest BCUT2D eigenvalue weighted by atomic mass is 10.1. The predicted molar refractivity (Wildman–Crippen MR) is 99.0 cm³/mol. The Morgan fingerprint density at radius 1 is 1.30 bits per heavy atom. The number of imidazole rings is 1. The van der Waals surface area contributed by atoms with Gasteiger partial charge in [0.05, 0.1) is 19.0 Å². The summed E-state index contributed by atoms with van der Waals surface area (Å²) in [5, 5.41) is 41.7. The van der Waals surface area contributed by atoms with Crippen LogP contribution in [0.2, 0.25) is 0 Å². The molecular formula is C16H23N7O7. The minimum atomic E-state index is -1.39. The minimum Gasteiger partial charge on any atom is -0.394 e. The maximum Gasteiger partial charge on any atom is 0.354 e. The Morgan fingerprint density at radius 3 is 2.60 bits per heavy atom. The van der Waals surface area contributed by atoms with Gasteiger partial charge in [0.2, 0.25) is 5.91 Å². The number of nitrogens with one attached hydrogen (secondary N) is 1. The van der Waals surface area contributed by atoms with Crippen LogP contribution >= 0.6 is 0 Å². The second-order valence-electron chi connectivity index (χ2n) is 7.13. The number of imide groups is 1. The fourth-order valence-corrected chi connectivity index (χ4v) is 2.93. The molecule has 3 amide bonds. The molecule has 1 aliphatic rings. The van der Waals surface area contributed by atoms with Crippen molar-refractivity contribution in [2.24, 2.45) is 11.7 Å². The van der Waals surface area contributed by atoms with E-state index < -0.39 is 49.1 Å². The zero-order valence-electron chi connectivity index (χ0n) is 16.2. The molecule has 30 heavy (non-hydrogen) atoms. The van der Waals surface area contributed by atoms with Gasteiger partial charge in [-0.2, -0.15) is 5.06 Å². The Kier molecular flexibility index (Phi) is 6.25. The number of carbonyl (C=O) groups is 2. The van der Waals surface area contributed by atoms with E-state index in [0.29, 0.717) is 0 Å². The van der Waals surface area contributed by atoms with Gasteiger partial charge in [0.1, 0.15) is 24.6 Å². The zero-order valence-corrected chi connectivity index (χ0v) is 16.2. The molecule has 14 heteroatoms. The zero-order chi connectivity index (χ0) is 22.2. The van der Waals surface area contributed by atoms with Crippen molar-refractivity contribution >= 4 is 28.9 Å². The topological polar surface area (TPSA) is 209 Å². The smallest absolute Gasteiger partial charge is 0.354 e. The van der Waals surface area contributed by atoms with Crippen molar-refractivity contribution in [2.45, 2.75) is 44.4 Å². The molecule has 3 heterocycles. The molecule has 1 fully saturated rings. The Hall–Kier alpha value is -2.75. The van der Waals surface area contributed by atoms with E-state index in [1.165, 1.54) is 10.9 Å². The average Bonchev–Trinajstić information content (AvgIpc) is 3.27. The molecule has 1 saturated heterocycles. The monoisotopic (exact) mass is 425 g/mol. The van der Waals surface area contributed by atoms with Crippen LogP contribution in [-0.2, 0) is 9.53 Å². The number of hydrogen-bond acceptors (Lipinski definition) is 11. The Morgan fingerprint density at radius 2 is 2.00 bits per heavy atom. The fourth-order valence-electron chi connectivity index (χ4n) is 2.93. The van der Waals surface area contributed by atoms with Gasteiger partial charge in [0.25, 0.3) is 0 Å². The number of aliphatic hydroxyl groups excluding tert-OH is 3. The molecule has 0 bridgehead atoms. The number of hydrogen-bond donors (Lipinski definition) is 6. The maximum atomic E-state index is 12.2. The molecule has 2 aromatic heterocycles. The van der Waals surface area contributed by atoms with E-state index >= 15 is 0 Å². The SMILES string of the molecule is CC(C)[C@H](N)C(=O)NC(=O)N(O)c1ncnc2c1ncn2[C@@H]1O[C@H](CO)[C@@H](O)[C@H]1O. The van der Waals surface area contributed by atoms with E-state index in [1.807, 2.05) is 5.32 Å². The van der Waals surface area contributed by atoms with Gasteiger partial charge in [0, 0.05) is 0 Å². The maximum absolute atomic E-state index is 12.2. The molecule has 1 aliphatic heterocycles. The van der Waals surface area contributed by atoms with Gasteiger partial charge in [-0.05, 0) is 5.92 Å². The van der Waals surface area contributed by atoms with Crippen molar-refractivity contribution in [3.05, 3.63) is 12.7 Å². The number of aromatic nitrogens is 4. The Bertz CT molecular complexity index is 936. The molecule has 0 radical (unpaired) electrons. The Labute approximate surface area is 169 Å². The number of amides is 3. The number of carbonyl (C=O) groups excluding carboxylic acids is 2. The number of fused-ring (bicyclic) bond motifs is 1. The quantitative estimate of drug-likeness (QED) is 0.225. The van der Waals surface area contributed by atoms with Crippen LogP contribution in [0.15, 0.2) is 12.7 Å². The number of rotatable bonds is 5. The highest BCUT2D eigenvalue weighted by molar-refractivity contribution is 6.05. The molecular weight excluding hydrogens is 402 g/mol. The van der Waals surface area contributed by atoms with Crippen LogP contribution in [0.5, 0.6) is 0 Å². The molecule has 0 aromatic carbocycles. The number of urea groups is 1. The normalized spacial score (nSPS) is 24.9. The molecule has 0 spiro atoms. The lowest BCUT2D eigenvalue weighted by molar-refractivity contribution is -0.122. The lowest BCUT2D eigenvalue weighted by Gasteiger charge is -2.18. The Balaban J connectivity index is 1.87. The van der Waals surface area contributed by atoms with Crippen molar-refractivity contribution in [3.63, 3.8) is 0 Å². The standard InChI is InChI=1S/C16H23N7O7/c1-6(2)8(17)14(27)21-16(28)23(29)13-9-12(18-4-19-13)22(5-20-9)15-11(26)10(25)7(3-24)30-15/h4-8,10-11,15,24-26,29H,3,17H2,1-2H3,(H,21,27,28)/t7-,8+,10-,11-,15-/m1/s1. The molecule has 5 atom stereocenters. The minimum absolute atomic E-state index is 0.0477. The summed E-state index contributed by atoms with van der Waals surface area (Å²) in [7, 11) is 0. The summed E-state index contributed by atoms with van der Waals surface area (Å²) in [4.78, 5) is 36.0.